The minimum absolute atomic E-state index is 0.204. The third kappa shape index (κ3) is 5.61. The van der Waals surface area contributed by atoms with Crippen LogP contribution in [0.5, 0.6) is 0 Å². The molecule has 2 aromatic carbocycles. The largest absolute Gasteiger partial charge is 0.370 e. The van der Waals surface area contributed by atoms with Crippen LogP contribution in [0.4, 0.5) is 11.4 Å². The van der Waals surface area contributed by atoms with Gasteiger partial charge in [0.05, 0.1) is 0 Å². The molecule has 1 amide bonds. The van der Waals surface area contributed by atoms with E-state index in [0.717, 1.165) is 41.5 Å². The standard InChI is InChI=1S/C22H23N3O3S3/c26-22(23-16-17-3-9-20(10-4-17)25-11-14-29-15-12-25)18-5-7-19(8-6-18)24-31(27,28)21-2-1-13-30-21/h1-10,13,24H,11-12,14-16H2,(H,23,26). The number of sulfonamides is 1. The van der Waals surface area contributed by atoms with E-state index in [4.69, 9.17) is 0 Å². The van der Waals surface area contributed by atoms with Crippen molar-refractivity contribution in [3.05, 3.63) is 77.2 Å². The number of thioether (sulfide) groups is 1. The van der Waals surface area contributed by atoms with Crippen LogP contribution in [-0.4, -0.2) is 38.9 Å². The molecule has 0 spiro atoms. The minimum atomic E-state index is -3.60. The van der Waals surface area contributed by atoms with Crippen molar-refractivity contribution < 1.29 is 13.2 Å². The van der Waals surface area contributed by atoms with Crippen molar-refractivity contribution in [1.29, 1.82) is 0 Å². The summed E-state index contributed by atoms with van der Waals surface area (Å²) in [6, 6.07) is 17.9. The summed E-state index contributed by atoms with van der Waals surface area (Å²) in [5.41, 5.74) is 3.14. The number of carbonyl (C=O) groups excluding carboxylic acids is 1. The van der Waals surface area contributed by atoms with Crippen LogP contribution < -0.4 is 14.9 Å². The van der Waals surface area contributed by atoms with Crippen molar-refractivity contribution >= 4 is 50.4 Å². The quantitative estimate of drug-likeness (QED) is 0.542. The predicted octanol–water partition coefficient (Wildman–Crippen LogP) is 4.03. The molecule has 1 saturated heterocycles. The first-order valence-corrected chi connectivity index (χ1v) is 13.4. The van der Waals surface area contributed by atoms with Gasteiger partial charge >= 0.3 is 0 Å². The fourth-order valence-corrected chi connectivity index (χ4v) is 6.20. The summed E-state index contributed by atoms with van der Waals surface area (Å²) in [5, 5.41) is 4.62. The van der Waals surface area contributed by atoms with Crippen molar-refractivity contribution in [1.82, 2.24) is 5.32 Å². The number of amides is 1. The highest BCUT2D eigenvalue weighted by Gasteiger charge is 2.15. The molecule has 0 aliphatic carbocycles. The van der Waals surface area contributed by atoms with Gasteiger partial charge in [-0.2, -0.15) is 11.8 Å². The van der Waals surface area contributed by atoms with E-state index in [0.29, 0.717) is 17.8 Å². The van der Waals surface area contributed by atoms with Gasteiger partial charge in [0, 0.05) is 48.1 Å². The molecule has 1 fully saturated rings. The zero-order chi connectivity index (χ0) is 21.7. The molecule has 0 unspecified atom stereocenters. The van der Waals surface area contributed by atoms with Gasteiger partial charge in [0.15, 0.2) is 0 Å². The van der Waals surface area contributed by atoms with Crippen LogP contribution in [0.2, 0.25) is 0 Å². The van der Waals surface area contributed by atoms with E-state index < -0.39 is 10.0 Å². The van der Waals surface area contributed by atoms with Crippen molar-refractivity contribution in [2.45, 2.75) is 10.8 Å². The molecule has 4 rings (SSSR count). The monoisotopic (exact) mass is 473 g/mol. The smallest absolute Gasteiger partial charge is 0.271 e. The van der Waals surface area contributed by atoms with E-state index in [9.17, 15) is 13.2 Å². The van der Waals surface area contributed by atoms with Crippen LogP contribution in [0, 0.1) is 0 Å². The number of hydrogen-bond acceptors (Lipinski definition) is 6. The SMILES string of the molecule is O=C(NCc1ccc(N2CCSCC2)cc1)c1ccc(NS(=O)(=O)c2cccs2)cc1. The third-order valence-corrected chi connectivity index (χ3v) is 8.65. The molecule has 6 nitrogen and oxygen atoms in total. The Labute approximate surface area is 190 Å². The number of nitrogens with zero attached hydrogens (tertiary/aromatic N) is 1. The van der Waals surface area contributed by atoms with Crippen LogP contribution in [-0.2, 0) is 16.6 Å². The minimum Gasteiger partial charge on any atom is -0.370 e. The maximum Gasteiger partial charge on any atom is 0.271 e. The van der Waals surface area contributed by atoms with Crippen LogP contribution in [0.25, 0.3) is 0 Å². The first-order valence-electron chi connectivity index (χ1n) is 9.87. The Morgan fingerprint density at radius 1 is 0.968 bits per heavy atom. The van der Waals surface area contributed by atoms with Gasteiger partial charge in [-0.05, 0) is 53.4 Å². The second kappa shape index (κ2) is 9.76. The van der Waals surface area contributed by atoms with E-state index >= 15 is 0 Å². The van der Waals surface area contributed by atoms with Crippen molar-refractivity contribution in [3.63, 3.8) is 0 Å². The van der Waals surface area contributed by atoms with Gasteiger partial charge < -0.3 is 10.2 Å². The van der Waals surface area contributed by atoms with E-state index in [2.05, 4.69) is 27.1 Å². The molecule has 1 aliphatic heterocycles. The number of rotatable bonds is 7. The summed E-state index contributed by atoms with van der Waals surface area (Å²) in [4.78, 5) is 14.8. The lowest BCUT2D eigenvalue weighted by Crippen LogP contribution is -2.32. The second-order valence-electron chi connectivity index (χ2n) is 7.06. The zero-order valence-corrected chi connectivity index (χ0v) is 19.2. The Morgan fingerprint density at radius 3 is 2.32 bits per heavy atom. The molecular formula is C22H23N3O3S3. The summed E-state index contributed by atoms with van der Waals surface area (Å²) in [7, 11) is -3.60. The number of anilines is 2. The van der Waals surface area contributed by atoms with Crippen LogP contribution in [0.1, 0.15) is 15.9 Å². The molecule has 3 aromatic rings. The van der Waals surface area contributed by atoms with Crippen molar-refractivity contribution in [2.24, 2.45) is 0 Å². The Kier molecular flexibility index (Phi) is 6.84. The molecule has 0 atom stereocenters. The lowest BCUT2D eigenvalue weighted by atomic mass is 10.1. The highest BCUT2D eigenvalue weighted by Crippen LogP contribution is 2.21. The summed E-state index contributed by atoms with van der Waals surface area (Å²) >= 11 is 3.14. The highest BCUT2D eigenvalue weighted by molar-refractivity contribution is 7.99. The van der Waals surface area contributed by atoms with Gasteiger partial charge in [-0.25, -0.2) is 8.42 Å². The van der Waals surface area contributed by atoms with Crippen LogP contribution in [0.3, 0.4) is 0 Å². The summed E-state index contributed by atoms with van der Waals surface area (Å²) in [5.74, 6) is 2.11. The lowest BCUT2D eigenvalue weighted by Gasteiger charge is -2.28. The number of benzene rings is 2. The number of thiophene rings is 1. The van der Waals surface area contributed by atoms with Crippen LogP contribution in [0.15, 0.2) is 70.3 Å². The Morgan fingerprint density at radius 2 is 1.68 bits per heavy atom. The van der Waals surface area contributed by atoms with E-state index in [-0.39, 0.29) is 10.1 Å². The Hall–Kier alpha value is -2.49. The van der Waals surface area contributed by atoms with Gasteiger partial charge in [0.25, 0.3) is 15.9 Å². The van der Waals surface area contributed by atoms with Gasteiger partial charge in [0.1, 0.15) is 4.21 Å². The normalized spacial score (nSPS) is 14.3. The van der Waals surface area contributed by atoms with E-state index in [1.165, 1.54) is 5.69 Å². The van der Waals surface area contributed by atoms with Crippen molar-refractivity contribution in [2.75, 3.05) is 34.2 Å². The molecule has 2 heterocycles. The average Bonchev–Trinajstić information content (AvgIpc) is 3.35. The molecule has 31 heavy (non-hydrogen) atoms. The number of carbonyl (C=O) groups is 1. The van der Waals surface area contributed by atoms with Gasteiger partial charge in [0.2, 0.25) is 0 Å². The molecule has 9 heteroatoms. The van der Waals surface area contributed by atoms with Crippen LogP contribution >= 0.6 is 23.1 Å². The highest BCUT2D eigenvalue weighted by atomic mass is 32.2. The fourth-order valence-electron chi connectivity index (χ4n) is 3.24. The lowest BCUT2D eigenvalue weighted by molar-refractivity contribution is 0.0951. The number of nitrogens with one attached hydrogen (secondary N) is 2. The molecule has 1 aliphatic rings. The van der Waals surface area contributed by atoms with Gasteiger partial charge in [-0.1, -0.05) is 18.2 Å². The number of hydrogen-bond donors (Lipinski definition) is 2. The molecular weight excluding hydrogens is 450 g/mol. The second-order valence-corrected chi connectivity index (χ2v) is 11.1. The molecule has 1 aromatic heterocycles. The zero-order valence-electron chi connectivity index (χ0n) is 16.8. The Balaban J connectivity index is 1.31. The summed E-state index contributed by atoms with van der Waals surface area (Å²) < 4.78 is 27.3. The summed E-state index contributed by atoms with van der Waals surface area (Å²) in [6.45, 7) is 2.57. The first kappa shape index (κ1) is 21.7. The predicted molar refractivity (Wildman–Crippen MR) is 129 cm³/mol. The fraction of sp³-hybridized carbons (Fsp3) is 0.227. The maximum absolute atomic E-state index is 12.5. The maximum atomic E-state index is 12.5. The van der Waals surface area contributed by atoms with Gasteiger partial charge in [-0.15, -0.1) is 11.3 Å². The Bertz CT molecular complexity index is 1110. The van der Waals surface area contributed by atoms with Crippen molar-refractivity contribution in [3.8, 4) is 0 Å². The van der Waals surface area contributed by atoms with Gasteiger partial charge in [-0.3, -0.25) is 9.52 Å². The molecule has 0 saturated carbocycles. The third-order valence-electron chi connectivity index (χ3n) is 4.92. The van der Waals surface area contributed by atoms with E-state index in [1.54, 1.807) is 41.8 Å². The molecule has 2 N–H and O–H groups in total. The topological polar surface area (TPSA) is 78.5 Å². The molecule has 0 bridgehead atoms. The van der Waals surface area contributed by atoms with E-state index in [1.807, 2.05) is 23.9 Å². The average molecular weight is 474 g/mol. The molecule has 0 radical (unpaired) electrons. The molecule has 162 valence electrons. The first-order chi connectivity index (χ1) is 15.0. The summed E-state index contributed by atoms with van der Waals surface area (Å²) in [6.07, 6.45) is 0.